The molecule has 19 heavy (non-hydrogen) atoms. The molecule has 1 aliphatic rings. The van der Waals surface area contributed by atoms with Crippen LogP contribution in [0.4, 0.5) is 0 Å². The molecule has 1 aromatic heterocycles. The number of aromatic nitrogens is 1. The summed E-state index contributed by atoms with van der Waals surface area (Å²) in [7, 11) is 0. The minimum Gasteiger partial charge on any atom is -0.436 e. The van der Waals surface area contributed by atoms with Gasteiger partial charge in [0.2, 0.25) is 5.76 Å². The van der Waals surface area contributed by atoms with E-state index in [4.69, 9.17) is 9.15 Å². The van der Waals surface area contributed by atoms with Crippen molar-refractivity contribution in [3.8, 4) is 0 Å². The average molecular weight is 331 g/mol. The van der Waals surface area contributed by atoms with E-state index in [1.807, 2.05) is 4.90 Å². The lowest BCUT2D eigenvalue weighted by molar-refractivity contribution is 0.0149. The van der Waals surface area contributed by atoms with Crippen molar-refractivity contribution in [1.29, 1.82) is 0 Å². The fourth-order valence-electron chi connectivity index (χ4n) is 2.31. The molecule has 1 aromatic rings. The molecule has 1 aliphatic heterocycles. The number of hydrogen-bond donors (Lipinski definition) is 0. The Morgan fingerprint density at radius 3 is 2.68 bits per heavy atom. The number of alkyl halides is 1. The maximum absolute atomic E-state index is 12.3. The predicted octanol–water partition coefficient (Wildman–Crippen LogP) is 2.31. The Morgan fingerprint density at radius 2 is 2.16 bits per heavy atom. The number of nitrogens with zero attached hydrogens (tertiary/aromatic N) is 2. The van der Waals surface area contributed by atoms with Crippen LogP contribution in [0.2, 0.25) is 0 Å². The summed E-state index contributed by atoms with van der Waals surface area (Å²) < 4.78 is 11.1. The molecule has 6 heteroatoms. The molecule has 5 nitrogen and oxygen atoms in total. The fraction of sp³-hybridized carbons (Fsp3) is 0.692. The first-order valence-electron chi connectivity index (χ1n) is 6.52. The van der Waals surface area contributed by atoms with Gasteiger partial charge in [0.05, 0.1) is 18.4 Å². The Kier molecular flexibility index (Phi) is 4.99. The largest absolute Gasteiger partial charge is 0.436 e. The van der Waals surface area contributed by atoms with Crippen LogP contribution in [0.15, 0.2) is 4.42 Å². The van der Waals surface area contributed by atoms with Crippen molar-refractivity contribution >= 4 is 21.8 Å². The van der Waals surface area contributed by atoms with E-state index in [-0.39, 0.29) is 12.0 Å². The molecule has 1 amide bonds. The Balaban J connectivity index is 1.91. The van der Waals surface area contributed by atoms with Gasteiger partial charge in [-0.2, -0.15) is 0 Å². The van der Waals surface area contributed by atoms with Gasteiger partial charge < -0.3 is 14.1 Å². The van der Waals surface area contributed by atoms with E-state index in [9.17, 15) is 4.79 Å². The summed E-state index contributed by atoms with van der Waals surface area (Å²) in [5, 5.41) is 0.850. The molecule has 0 unspecified atom stereocenters. The number of ether oxygens (including phenoxy) is 1. The number of aryl methyl sites for hydroxylation is 2. The molecular weight excluding hydrogens is 312 g/mol. The minimum absolute atomic E-state index is 0.0583. The molecule has 0 spiro atoms. The third-order valence-electron chi connectivity index (χ3n) is 3.26. The number of oxazole rings is 1. The van der Waals surface area contributed by atoms with E-state index in [1.165, 1.54) is 0 Å². The summed E-state index contributed by atoms with van der Waals surface area (Å²) in [6.07, 6.45) is 2.02. The lowest BCUT2D eigenvalue weighted by Gasteiger charge is -2.31. The maximum atomic E-state index is 12.3. The first kappa shape index (κ1) is 14.5. The number of hydrogen-bond acceptors (Lipinski definition) is 4. The van der Waals surface area contributed by atoms with Crippen molar-refractivity contribution in [3.05, 3.63) is 17.3 Å². The Hall–Kier alpha value is -0.880. The summed E-state index contributed by atoms with van der Waals surface area (Å²) in [5.74, 6) is 0.853. The van der Waals surface area contributed by atoms with Crippen molar-refractivity contribution < 1.29 is 13.9 Å². The molecule has 2 heterocycles. The van der Waals surface area contributed by atoms with Crippen LogP contribution in [0.25, 0.3) is 0 Å². The lowest BCUT2D eigenvalue weighted by atomic mass is 10.1. The summed E-state index contributed by atoms with van der Waals surface area (Å²) in [5.41, 5.74) is 0.667. The zero-order valence-electron chi connectivity index (χ0n) is 11.3. The molecule has 106 valence electrons. The van der Waals surface area contributed by atoms with Crippen LogP contribution in [-0.4, -0.2) is 46.9 Å². The summed E-state index contributed by atoms with van der Waals surface area (Å²) >= 11 is 3.34. The first-order chi connectivity index (χ1) is 9.11. The van der Waals surface area contributed by atoms with Gasteiger partial charge in [-0.25, -0.2) is 4.98 Å². The van der Waals surface area contributed by atoms with Crippen LogP contribution < -0.4 is 0 Å². The molecule has 1 fully saturated rings. The average Bonchev–Trinajstić information content (AvgIpc) is 2.75. The van der Waals surface area contributed by atoms with E-state index < -0.39 is 0 Å². The second kappa shape index (κ2) is 6.52. The molecule has 0 bridgehead atoms. The van der Waals surface area contributed by atoms with Crippen LogP contribution in [-0.2, 0) is 4.74 Å². The quantitative estimate of drug-likeness (QED) is 0.795. The molecule has 0 N–H and O–H groups in total. The third-order valence-corrected chi connectivity index (χ3v) is 3.58. The van der Waals surface area contributed by atoms with E-state index in [0.717, 1.165) is 24.8 Å². The van der Waals surface area contributed by atoms with Gasteiger partial charge >= 0.3 is 0 Å². The number of carbonyl (C=O) groups excluding carboxylic acids is 1. The Labute approximate surface area is 121 Å². The molecule has 0 atom stereocenters. The molecule has 0 aromatic carbocycles. The van der Waals surface area contributed by atoms with Crippen LogP contribution in [0.5, 0.6) is 0 Å². The molecule has 0 aliphatic carbocycles. The first-order valence-corrected chi connectivity index (χ1v) is 7.65. The number of halogens is 1. The molecule has 0 saturated carbocycles. The normalized spacial score (nSPS) is 16.9. The number of piperidine rings is 1. The number of amides is 1. The zero-order valence-corrected chi connectivity index (χ0v) is 12.9. The lowest BCUT2D eigenvalue weighted by Crippen LogP contribution is -2.41. The van der Waals surface area contributed by atoms with Crippen molar-refractivity contribution in [1.82, 2.24) is 9.88 Å². The van der Waals surface area contributed by atoms with Gasteiger partial charge in [0.15, 0.2) is 5.89 Å². The van der Waals surface area contributed by atoms with Gasteiger partial charge in [0.1, 0.15) is 0 Å². The zero-order chi connectivity index (χ0) is 13.8. The monoisotopic (exact) mass is 330 g/mol. The summed E-state index contributed by atoms with van der Waals surface area (Å²) in [6, 6.07) is 0. The van der Waals surface area contributed by atoms with Crippen molar-refractivity contribution in [2.45, 2.75) is 32.8 Å². The van der Waals surface area contributed by atoms with Crippen molar-refractivity contribution in [3.63, 3.8) is 0 Å². The highest BCUT2D eigenvalue weighted by Gasteiger charge is 2.27. The van der Waals surface area contributed by atoms with Crippen LogP contribution >= 0.6 is 15.9 Å². The van der Waals surface area contributed by atoms with Gasteiger partial charge in [0.25, 0.3) is 5.91 Å². The summed E-state index contributed by atoms with van der Waals surface area (Å²) in [4.78, 5) is 18.3. The van der Waals surface area contributed by atoms with Crippen molar-refractivity contribution in [2.24, 2.45) is 0 Å². The second-order valence-electron chi connectivity index (χ2n) is 4.70. The van der Waals surface area contributed by atoms with Crippen LogP contribution in [0.1, 0.15) is 35.0 Å². The highest BCUT2D eigenvalue weighted by Crippen LogP contribution is 2.18. The molecular formula is C13H19BrN2O3. The molecule has 0 radical (unpaired) electrons. The number of carbonyl (C=O) groups is 1. The third kappa shape index (κ3) is 3.57. The summed E-state index contributed by atoms with van der Waals surface area (Å²) in [6.45, 7) is 5.70. The van der Waals surface area contributed by atoms with Crippen molar-refractivity contribution in [2.75, 3.05) is 25.0 Å². The Bertz CT molecular complexity index is 439. The standard InChI is InChI=1S/C13H19BrN2O3/c1-9-12(19-10(2)15-9)13(17)16-6-3-11(4-7-16)18-8-5-14/h11H,3-8H2,1-2H3. The number of likely N-dealkylation sites (tertiary alicyclic amines) is 1. The minimum atomic E-state index is -0.0583. The smallest absolute Gasteiger partial charge is 0.291 e. The SMILES string of the molecule is Cc1nc(C)c(C(=O)N2CCC(OCCBr)CC2)o1. The van der Waals surface area contributed by atoms with E-state index in [0.29, 0.717) is 30.4 Å². The van der Waals surface area contributed by atoms with E-state index >= 15 is 0 Å². The number of rotatable bonds is 4. The van der Waals surface area contributed by atoms with Gasteiger partial charge in [-0.05, 0) is 19.8 Å². The highest BCUT2D eigenvalue weighted by molar-refractivity contribution is 9.09. The fourth-order valence-corrected chi connectivity index (χ4v) is 2.50. The topological polar surface area (TPSA) is 55.6 Å². The van der Waals surface area contributed by atoms with Crippen LogP contribution in [0, 0.1) is 13.8 Å². The van der Waals surface area contributed by atoms with E-state index in [1.54, 1.807) is 13.8 Å². The van der Waals surface area contributed by atoms with Gasteiger partial charge in [-0.15, -0.1) is 0 Å². The maximum Gasteiger partial charge on any atom is 0.291 e. The predicted molar refractivity (Wildman–Crippen MR) is 74.6 cm³/mol. The molecule has 1 saturated heterocycles. The Morgan fingerprint density at radius 1 is 1.47 bits per heavy atom. The molecule has 2 rings (SSSR count). The van der Waals surface area contributed by atoms with Gasteiger partial charge in [-0.1, -0.05) is 15.9 Å². The van der Waals surface area contributed by atoms with Gasteiger partial charge in [-0.3, -0.25) is 4.79 Å². The second-order valence-corrected chi connectivity index (χ2v) is 5.49. The van der Waals surface area contributed by atoms with E-state index in [2.05, 4.69) is 20.9 Å². The van der Waals surface area contributed by atoms with Crippen LogP contribution in [0.3, 0.4) is 0 Å². The highest BCUT2D eigenvalue weighted by atomic mass is 79.9. The van der Waals surface area contributed by atoms with Gasteiger partial charge in [0, 0.05) is 25.3 Å².